The lowest BCUT2D eigenvalue weighted by molar-refractivity contribution is -0.137. The number of hydrogen-bond donors (Lipinski definition) is 0. The highest BCUT2D eigenvalue weighted by Crippen LogP contribution is 2.34. The number of benzene rings is 2. The Bertz CT molecular complexity index is 1790. The molecular weight excluding hydrogens is 593 g/mol. The van der Waals surface area contributed by atoms with Crippen molar-refractivity contribution in [3.8, 4) is 11.4 Å². The van der Waals surface area contributed by atoms with Gasteiger partial charge >= 0.3 is 6.18 Å². The van der Waals surface area contributed by atoms with E-state index < -0.39 is 11.7 Å². The monoisotopic (exact) mass is 622 g/mol. The number of carbonyl (C=O) groups excluding carboxylic acids is 1. The van der Waals surface area contributed by atoms with Crippen LogP contribution in [0.4, 0.5) is 13.2 Å². The predicted octanol–water partition coefficient (Wildman–Crippen LogP) is 7.01. The maximum absolute atomic E-state index is 13.0. The van der Waals surface area contributed by atoms with Gasteiger partial charge in [-0.2, -0.15) is 18.3 Å². The summed E-state index contributed by atoms with van der Waals surface area (Å²) in [5, 5.41) is 4.95. The van der Waals surface area contributed by atoms with Crippen LogP contribution in [0.2, 0.25) is 0 Å². The van der Waals surface area contributed by atoms with Crippen molar-refractivity contribution in [2.75, 3.05) is 19.4 Å². The first-order valence-electron chi connectivity index (χ1n) is 13.9. The van der Waals surface area contributed by atoms with E-state index >= 15 is 0 Å². The average Bonchev–Trinajstić information content (AvgIpc) is 3.51. The number of carbonyl (C=O) groups is 1. The van der Waals surface area contributed by atoms with E-state index in [1.54, 1.807) is 35.8 Å². The van der Waals surface area contributed by atoms with Gasteiger partial charge in [0.05, 0.1) is 41.7 Å². The van der Waals surface area contributed by atoms with Crippen LogP contribution in [-0.4, -0.2) is 45.0 Å². The third-order valence-corrected chi connectivity index (χ3v) is 7.94. The normalized spacial score (nSPS) is 11.5. The molecule has 12 heteroatoms. The van der Waals surface area contributed by atoms with Crippen LogP contribution in [0, 0.1) is 0 Å². The molecule has 8 nitrogen and oxygen atoms in total. The lowest BCUT2D eigenvalue weighted by Gasteiger charge is -2.15. The summed E-state index contributed by atoms with van der Waals surface area (Å²) in [6.45, 7) is 0.426. The molecule has 0 unspecified atom stereocenters. The lowest BCUT2D eigenvalue weighted by Crippen LogP contribution is -2.26. The van der Waals surface area contributed by atoms with Crippen molar-refractivity contribution in [3.05, 3.63) is 113 Å². The minimum absolute atomic E-state index is 0.0960. The number of pyridine rings is 1. The van der Waals surface area contributed by atoms with Crippen LogP contribution >= 0.6 is 11.8 Å². The van der Waals surface area contributed by atoms with E-state index in [0.717, 1.165) is 41.3 Å². The van der Waals surface area contributed by atoms with Crippen molar-refractivity contribution < 1.29 is 27.1 Å². The summed E-state index contributed by atoms with van der Waals surface area (Å²) in [6.07, 6.45) is 3.93. The summed E-state index contributed by atoms with van der Waals surface area (Å²) in [6, 6.07) is 16.2. The summed E-state index contributed by atoms with van der Waals surface area (Å²) in [7, 11) is 1.62. The number of fused-ring (bicyclic) bond motifs is 1. The molecule has 0 N–H and O–H groups in total. The van der Waals surface area contributed by atoms with Gasteiger partial charge in [0.15, 0.2) is 0 Å². The van der Waals surface area contributed by atoms with Crippen LogP contribution in [0.15, 0.2) is 99.6 Å². The minimum atomic E-state index is -4.41. The first-order valence-corrected chi connectivity index (χ1v) is 14.9. The number of amides is 1. The Morgan fingerprint density at radius 2 is 1.89 bits per heavy atom. The Morgan fingerprint density at radius 1 is 1.07 bits per heavy atom. The molecule has 228 valence electrons. The Labute approximate surface area is 255 Å². The SMILES string of the molecule is CN(Cc1cc(=O)c(OCCCCCSc2ccnc3cc(C(F)(F)F)ccc23)co1)C(=O)c1cnn(-c2ccccc2)c1. The molecule has 0 bridgehead atoms. The molecule has 0 saturated carbocycles. The molecule has 5 aromatic rings. The molecule has 0 spiro atoms. The number of para-hydroxylation sites is 1. The van der Waals surface area contributed by atoms with Gasteiger partial charge in [-0.25, -0.2) is 4.68 Å². The summed E-state index contributed by atoms with van der Waals surface area (Å²) >= 11 is 1.57. The van der Waals surface area contributed by atoms with Gasteiger partial charge in [-0.1, -0.05) is 24.3 Å². The van der Waals surface area contributed by atoms with Crippen molar-refractivity contribution in [1.82, 2.24) is 19.7 Å². The largest absolute Gasteiger partial charge is 0.487 e. The first kappa shape index (κ1) is 30.9. The number of alkyl halides is 3. The van der Waals surface area contributed by atoms with Crippen molar-refractivity contribution in [2.24, 2.45) is 0 Å². The van der Waals surface area contributed by atoms with Gasteiger partial charge in [0.25, 0.3) is 5.91 Å². The van der Waals surface area contributed by atoms with Crippen LogP contribution in [-0.2, 0) is 12.7 Å². The second kappa shape index (κ2) is 13.8. The van der Waals surface area contributed by atoms with Crippen LogP contribution in [0.3, 0.4) is 0 Å². The standard InChI is InChI=1S/C32H29F3N4O4S/c1-38(31(41)22-18-37-39(19-22)24-8-4-2-5-9-24)20-25-17-28(40)29(21-43-25)42-14-6-3-7-15-44-30-12-13-36-27-16-23(32(33,34)35)10-11-26(27)30/h2,4-5,8-13,16-19,21H,3,6-7,14-15,20H2,1H3. The molecule has 0 fully saturated rings. The van der Waals surface area contributed by atoms with E-state index in [0.29, 0.717) is 35.3 Å². The van der Waals surface area contributed by atoms with E-state index in [9.17, 15) is 22.8 Å². The molecule has 0 saturated heterocycles. The number of aromatic nitrogens is 3. The molecule has 2 aromatic carbocycles. The fourth-order valence-electron chi connectivity index (χ4n) is 4.48. The Morgan fingerprint density at radius 3 is 2.66 bits per heavy atom. The third kappa shape index (κ3) is 7.67. The zero-order valence-corrected chi connectivity index (χ0v) is 24.6. The molecule has 3 heterocycles. The van der Waals surface area contributed by atoms with E-state index in [4.69, 9.17) is 9.15 Å². The van der Waals surface area contributed by atoms with Crippen LogP contribution in [0.5, 0.6) is 5.75 Å². The number of ether oxygens (including phenoxy) is 1. The number of nitrogens with zero attached hydrogens (tertiary/aromatic N) is 4. The number of hydrogen-bond acceptors (Lipinski definition) is 7. The molecular formula is C32H29F3N4O4S. The summed E-state index contributed by atoms with van der Waals surface area (Å²) in [5.74, 6) is 0.934. The Kier molecular flexibility index (Phi) is 9.69. The number of unbranched alkanes of at least 4 members (excludes halogenated alkanes) is 2. The zero-order valence-electron chi connectivity index (χ0n) is 23.8. The van der Waals surface area contributed by atoms with Gasteiger partial charge in [-0.15, -0.1) is 11.8 Å². The van der Waals surface area contributed by atoms with E-state index in [-0.39, 0.29) is 23.6 Å². The fraction of sp³-hybridized carbons (Fsp3) is 0.250. The van der Waals surface area contributed by atoms with Gasteiger partial charge in [-0.3, -0.25) is 14.6 Å². The van der Waals surface area contributed by atoms with Crippen molar-refractivity contribution >= 4 is 28.6 Å². The summed E-state index contributed by atoms with van der Waals surface area (Å²) < 4.78 is 51.8. The highest BCUT2D eigenvalue weighted by Gasteiger charge is 2.30. The van der Waals surface area contributed by atoms with Crippen molar-refractivity contribution in [3.63, 3.8) is 0 Å². The van der Waals surface area contributed by atoms with Gasteiger partial charge < -0.3 is 14.1 Å². The Hall–Kier alpha value is -4.58. The van der Waals surface area contributed by atoms with Crippen molar-refractivity contribution in [1.29, 1.82) is 0 Å². The fourth-order valence-corrected chi connectivity index (χ4v) is 5.53. The topological polar surface area (TPSA) is 90.5 Å². The van der Waals surface area contributed by atoms with Gasteiger partial charge in [0.2, 0.25) is 11.2 Å². The maximum Gasteiger partial charge on any atom is 0.416 e. The smallest absolute Gasteiger partial charge is 0.416 e. The third-order valence-electron chi connectivity index (χ3n) is 6.78. The molecule has 5 rings (SSSR count). The first-order chi connectivity index (χ1) is 21.2. The van der Waals surface area contributed by atoms with Crippen molar-refractivity contribution in [2.45, 2.75) is 36.9 Å². The minimum Gasteiger partial charge on any atom is -0.487 e. The summed E-state index contributed by atoms with van der Waals surface area (Å²) in [5.41, 5.74) is 0.511. The molecule has 0 aliphatic carbocycles. The second-order valence-corrected chi connectivity index (χ2v) is 11.2. The van der Waals surface area contributed by atoms with E-state index in [2.05, 4.69) is 10.1 Å². The van der Waals surface area contributed by atoms with E-state index in [1.807, 2.05) is 30.3 Å². The molecule has 0 radical (unpaired) electrons. The van der Waals surface area contributed by atoms with Crippen LogP contribution in [0.1, 0.15) is 40.9 Å². The molecule has 0 aliphatic rings. The number of halogens is 3. The molecule has 44 heavy (non-hydrogen) atoms. The highest BCUT2D eigenvalue weighted by atomic mass is 32.2. The van der Waals surface area contributed by atoms with Crippen LogP contribution in [0.25, 0.3) is 16.6 Å². The van der Waals surface area contributed by atoms with Gasteiger partial charge in [0, 0.05) is 35.8 Å². The second-order valence-electron chi connectivity index (χ2n) is 10.0. The number of thioether (sulfide) groups is 1. The van der Waals surface area contributed by atoms with E-state index in [1.165, 1.54) is 35.7 Å². The average molecular weight is 623 g/mol. The molecule has 1 amide bonds. The van der Waals surface area contributed by atoms with Gasteiger partial charge in [0.1, 0.15) is 12.0 Å². The molecule has 0 aliphatic heterocycles. The lowest BCUT2D eigenvalue weighted by atomic mass is 10.1. The number of rotatable bonds is 12. The predicted molar refractivity (Wildman–Crippen MR) is 161 cm³/mol. The Balaban J connectivity index is 1.04. The van der Waals surface area contributed by atoms with Gasteiger partial charge in [-0.05, 0) is 55.3 Å². The van der Waals surface area contributed by atoms with Crippen LogP contribution < -0.4 is 10.2 Å². The summed E-state index contributed by atoms with van der Waals surface area (Å²) in [4.78, 5) is 31.8. The zero-order chi connectivity index (χ0) is 31.1. The maximum atomic E-state index is 13.0. The highest BCUT2D eigenvalue weighted by molar-refractivity contribution is 7.99. The quantitative estimate of drug-likeness (QED) is 0.109. The molecule has 0 atom stereocenters. The molecule has 3 aromatic heterocycles.